The summed E-state index contributed by atoms with van der Waals surface area (Å²) in [7, 11) is -3.91. The van der Waals surface area contributed by atoms with Crippen molar-refractivity contribution in [3.8, 4) is 6.07 Å². The molecule has 1 aromatic heterocycles. The van der Waals surface area contributed by atoms with E-state index in [0.29, 0.717) is 11.3 Å². The van der Waals surface area contributed by atoms with Crippen LogP contribution in [0.5, 0.6) is 0 Å². The van der Waals surface area contributed by atoms with Crippen molar-refractivity contribution in [1.29, 1.82) is 5.26 Å². The predicted molar refractivity (Wildman–Crippen MR) is 92.2 cm³/mol. The van der Waals surface area contributed by atoms with E-state index in [-0.39, 0.29) is 16.4 Å². The Morgan fingerprint density at radius 2 is 2.04 bits per heavy atom. The first kappa shape index (κ1) is 18.1. The Balaban J connectivity index is 2.20. The zero-order valence-electron chi connectivity index (χ0n) is 13.5. The number of nitrogens with one attached hydrogen (secondary N) is 1. The number of aromatic nitrogens is 1. The van der Waals surface area contributed by atoms with E-state index in [9.17, 15) is 13.2 Å². The summed E-state index contributed by atoms with van der Waals surface area (Å²) in [6.07, 6.45) is 0. The lowest BCUT2D eigenvalue weighted by molar-refractivity contribution is 0.0984. The van der Waals surface area contributed by atoms with E-state index in [4.69, 9.17) is 5.26 Å². The smallest absolute Gasteiger partial charge is 0.267 e. The van der Waals surface area contributed by atoms with E-state index >= 15 is 0 Å². The molecule has 0 aliphatic carbocycles. The van der Waals surface area contributed by atoms with Crippen LogP contribution in [0.3, 0.4) is 0 Å². The lowest BCUT2D eigenvalue weighted by Gasteiger charge is -2.07. The molecule has 126 valence electrons. The van der Waals surface area contributed by atoms with Crippen molar-refractivity contribution in [2.45, 2.75) is 32.4 Å². The minimum Gasteiger partial charge on any atom is -0.267 e. The van der Waals surface area contributed by atoms with Crippen molar-refractivity contribution >= 4 is 27.3 Å². The van der Waals surface area contributed by atoms with Crippen LogP contribution in [-0.4, -0.2) is 19.3 Å². The topological polar surface area (TPSA) is 99.9 Å². The normalized spacial score (nSPS) is 11.3. The summed E-state index contributed by atoms with van der Waals surface area (Å²) in [5, 5.41) is 9.81. The molecule has 0 saturated heterocycles. The van der Waals surface area contributed by atoms with Gasteiger partial charge in [-0.25, -0.2) is 18.1 Å². The first-order valence-electron chi connectivity index (χ1n) is 7.23. The van der Waals surface area contributed by atoms with Gasteiger partial charge in [-0.15, -0.1) is 11.3 Å². The van der Waals surface area contributed by atoms with E-state index in [1.165, 1.54) is 17.4 Å². The molecular formula is C16H17N3O3S2. The van der Waals surface area contributed by atoms with Crippen molar-refractivity contribution < 1.29 is 13.2 Å². The van der Waals surface area contributed by atoms with E-state index in [1.807, 2.05) is 19.9 Å². The summed E-state index contributed by atoms with van der Waals surface area (Å²) in [5.74, 6) is -0.960. The highest BCUT2D eigenvalue weighted by Crippen LogP contribution is 2.24. The van der Waals surface area contributed by atoms with Gasteiger partial charge in [0.05, 0.1) is 28.1 Å². The van der Waals surface area contributed by atoms with Gasteiger partial charge < -0.3 is 0 Å². The molecule has 2 rings (SSSR count). The number of hydrogen-bond donors (Lipinski definition) is 1. The minimum atomic E-state index is -3.91. The Labute approximate surface area is 145 Å². The molecule has 0 spiro atoms. The highest BCUT2D eigenvalue weighted by molar-refractivity contribution is 7.89. The number of sulfonamides is 1. The lowest BCUT2D eigenvalue weighted by atomic mass is 10.1. The number of aryl methyl sites for hydroxylation is 1. The van der Waals surface area contributed by atoms with Crippen LogP contribution in [0.15, 0.2) is 24.3 Å². The molecule has 0 atom stereocenters. The third-order valence-electron chi connectivity index (χ3n) is 3.24. The molecule has 1 N–H and O–H groups in total. The van der Waals surface area contributed by atoms with Gasteiger partial charge in [-0.3, -0.25) is 4.79 Å². The van der Waals surface area contributed by atoms with Gasteiger partial charge in [-0.05, 0) is 18.6 Å². The van der Waals surface area contributed by atoms with Crippen LogP contribution in [0.2, 0.25) is 0 Å². The van der Waals surface area contributed by atoms with E-state index in [0.717, 1.165) is 5.01 Å². The van der Waals surface area contributed by atoms with Gasteiger partial charge in [-0.1, -0.05) is 32.0 Å². The van der Waals surface area contributed by atoms with Gasteiger partial charge in [-0.2, -0.15) is 5.26 Å². The Bertz CT molecular complexity index is 909. The molecule has 24 heavy (non-hydrogen) atoms. The second-order valence-electron chi connectivity index (χ2n) is 5.58. The van der Waals surface area contributed by atoms with E-state index < -0.39 is 21.7 Å². The fourth-order valence-electron chi connectivity index (χ4n) is 2.06. The molecular weight excluding hydrogens is 346 g/mol. The first-order chi connectivity index (χ1) is 11.2. The maximum Gasteiger partial charge on any atom is 0.276 e. The maximum atomic E-state index is 12.3. The SMILES string of the molecule is Cc1nc(C(C)C)sc1C(=O)NS(=O)(=O)Cc1ccccc1C#N. The number of nitriles is 1. The van der Waals surface area contributed by atoms with Gasteiger partial charge in [0.2, 0.25) is 10.0 Å². The molecule has 0 saturated carbocycles. The summed E-state index contributed by atoms with van der Waals surface area (Å²) in [4.78, 5) is 16.9. The van der Waals surface area contributed by atoms with Gasteiger partial charge in [0.25, 0.3) is 5.91 Å². The average molecular weight is 363 g/mol. The fraction of sp³-hybridized carbons (Fsp3) is 0.312. The highest BCUT2D eigenvalue weighted by Gasteiger charge is 2.22. The highest BCUT2D eigenvalue weighted by atomic mass is 32.2. The lowest BCUT2D eigenvalue weighted by Crippen LogP contribution is -2.31. The van der Waals surface area contributed by atoms with Gasteiger partial charge in [0.1, 0.15) is 4.88 Å². The van der Waals surface area contributed by atoms with Gasteiger partial charge in [0.15, 0.2) is 0 Å². The molecule has 1 amide bonds. The predicted octanol–water partition coefficient (Wildman–Crippen LogP) is 2.71. The Morgan fingerprint density at radius 1 is 1.38 bits per heavy atom. The number of hydrogen-bond acceptors (Lipinski definition) is 6. The summed E-state index contributed by atoms with van der Waals surface area (Å²) in [6, 6.07) is 8.33. The number of carbonyl (C=O) groups is 1. The van der Waals surface area contributed by atoms with Crippen molar-refractivity contribution in [2.75, 3.05) is 0 Å². The van der Waals surface area contributed by atoms with Crippen LogP contribution in [0.25, 0.3) is 0 Å². The summed E-state index contributed by atoms with van der Waals surface area (Å²) in [5.41, 5.74) is 1.13. The number of nitrogens with zero attached hydrogens (tertiary/aromatic N) is 2. The molecule has 0 aliphatic heterocycles. The third-order valence-corrected chi connectivity index (χ3v) is 5.89. The Hall–Kier alpha value is -2.24. The van der Waals surface area contributed by atoms with Crippen molar-refractivity contribution in [3.05, 3.63) is 51.0 Å². The molecule has 0 unspecified atom stereocenters. The van der Waals surface area contributed by atoms with Crippen molar-refractivity contribution in [1.82, 2.24) is 9.71 Å². The zero-order chi connectivity index (χ0) is 17.9. The second-order valence-corrected chi connectivity index (χ2v) is 8.33. The molecule has 0 radical (unpaired) electrons. The van der Waals surface area contributed by atoms with E-state index in [1.54, 1.807) is 25.1 Å². The third kappa shape index (κ3) is 4.19. The van der Waals surface area contributed by atoms with Crippen LogP contribution in [0.1, 0.15) is 51.3 Å². The van der Waals surface area contributed by atoms with Crippen molar-refractivity contribution in [3.63, 3.8) is 0 Å². The standard InChI is InChI=1S/C16H17N3O3S2/c1-10(2)16-18-11(3)14(23-16)15(20)19-24(21,22)9-13-7-5-4-6-12(13)8-17/h4-7,10H,9H2,1-3H3,(H,19,20). The minimum absolute atomic E-state index is 0.161. The van der Waals surface area contributed by atoms with Gasteiger partial charge in [0, 0.05) is 5.92 Å². The monoisotopic (exact) mass is 363 g/mol. The number of rotatable bonds is 5. The van der Waals surface area contributed by atoms with Gasteiger partial charge >= 0.3 is 0 Å². The van der Waals surface area contributed by atoms with Crippen LogP contribution in [-0.2, 0) is 15.8 Å². The molecule has 1 aromatic carbocycles. The second kappa shape index (κ2) is 7.11. The Morgan fingerprint density at radius 3 is 2.62 bits per heavy atom. The fourth-order valence-corrected chi connectivity index (χ4v) is 4.21. The molecule has 8 heteroatoms. The number of thiazole rings is 1. The van der Waals surface area contributed by atoms with E-state index in [2.05, 4.69) is 9.71 Å². The summed E-state index contributed by atoms with van der Waals surface area (Å²) in [6.45, 7) is 5.58. The van der Waals surface area contributed by atoms with Crippen LogP contribution in [0, 0.1) is 18.3 Å². The quantitative estimate of drug-likeness (QED) is 0.880. The number of benzene rings is 1. The average Bonchev–Trinajstić information content (AvgIpc) is 2.89. The zero-order valence-corrected chi connectivity index (χ0v) is 15.2. The van der Waals surface area contributed by atoms with Crippen LogP contribution in [0.4, 0.5) is 0 Å². The van der Waals surface area contributed by atoms with Crippen LogP contribution < -0.4 is 4.72 Å². The molecule has 2 aromatic rings. The first-order valence-corrected chi connectivity index (χ1v) is 9.70. The summed E-state index contributed by atoms with van der Waals surface area (Å²) < 4.78 is 26.6. The Kier molecular flexibility index (Phi) is 5.36. The molecule has 0 bridgehead atoms. The van der Waals surface area contributed by atoms with Crippen molar-refractivity contribution in [2.24, 2.45) is 0 Å². The molecule has 1 heterocycles. The molecule has 0 aliphatic rings. The van der Waals surface area contributed by atoms with Crippen LogP contribution >= 0.6 is 11.3 Å². The maximum absolute atomic E-state index is 12.3. The number of carbonyl (C=O) groups excluding carboxylic acids is 1. The molecule has 6 nitrogen and oxygen atoms in total. The largest absolute Gasteiger partial charge is 0.276 e. The number of amides is 1. The summed E-state index contributed by atoms with van der Waals surface area (Å²) >= 11 is 1.19. The molecule has 0 fully saturated rings.